The molecule has 2 atom stereocenters. The number of carbonyl (C=O) groups is 2. The van der Waals surface area contributed by atoms with Gasteiger partial charge in [0.1, 0.15) is 41.4 Å². The number of rotatable bonds is 8. The maximum Gasteiger partial charge on any atom is 0.406 e. The van der Waals surface area contributed by atoms with Crippen LogP contribution in [0.1, 0.15) is 21.8 Å². The molecule has 1 aromatic heterocycles. The van der Waals surface area contributed by atoms with E-state index in [2.05, 4.69) is 10.1 Å². The molecule has 2 aromatic carbocycles. The van der Waals surface area contributed by atoms with Gasteiger partial charge in [-0.2, -0.15) is 22.0 Å². The Balaban J connectivity index is 1.73. The molecule has 1 aliphatic rings. The second-order valence-electron chi connectivity index (χ2n) is 8.86. The van der Waals surface area contributed by atoms with Crippen LogP contribution in [0.3, 0.4) is 0 Å². The predicted octanol–water partition coefficient (Wildman–Crippen LogP) is 4.23. The highest BCUT2D eigenvalue weighted by Crippen LogP contribution is 2.36. The first kappa shape index (κ1) is 29.4. The Morgan fingerprint density at radius 3 is 2.24 bits per heavy atom. The number of halogens is 7. The zero-order chi connectivity index (χ0) is 30.1. The normalized spacial score (nSPS) is 17.2. The molecule has 4 rings (SSSR count). The Kier molecular flexibility index (Phi) is 8.26. The zero-order valence-electron chi connectivity index (χ0n) is 20.9. The fourth-order valence-corrected chi connectivity index (χ4v) is 4.46. The first-order chi connectivity index (χ1) is 19.3. The van der Waals surface area contributed by atoms with Crippen LogP contribution in [-0.2, 0) is 11.3 Å². The van der Waals surface area contributed by atoms with E-state index in [0.717, 1.165) is 66.7 Å². The summed E-state index contributed by atoms with van der Waals surface area (Å²) in [4.78, 5) is 40.1. The van der Waals surface area contributed by atoms with Crippen LogP contribution in [0.25, 0.3) is 0 Å². The zero-order valence-corrected chi connectivity index (χ0v) is 20.9. The predicted molar refractivity (Wildman–Crippen MR) is 129 cm³/mol. The van der Waals surface area contributed by atoms with Gasteiger partial charge in [-0.3, -0.25) is 14.4 Å². The van der Waals surface area contributed by atoms with Gasteiger partial charge in [-0.1, -0.05) is 0 Å². The molecule has 1 saturated heterocycles. The van der Waals surface area contributed by atoms with Gasteiger partial charge in [0, 0.05) is 41.9 Å². The van der Waals surface area contributed by atoms with Crippen molar-refractivity contribution in [3.63, 3.8) is 0 Å². The number of ether oxygens (including phenoxy) is 2. The summed E-state index contributed by atoms with van der Waals surface area (Å²) in [6.07, 6.45) is -3.90. The second kappa shape index (κ2) is 11.5. The number of aromatic nitrogens is 1. The molecule has 2 amide bonds. The van der Waals surface area contributed by atoms with E-state index in [1.165, 1.54) is 0 Å². The molecule has 218 valence electrons. The summed E-state index contributed by atoms with van der Waals surface area (Å²) in [5.74, 6) is -6.16. The number of alkyl halides is 5. The third kappa shape index (κ3) is 6.44. The number of nitrogens with zero attached hydrogens (tertiary/aromatic N) is 2. The Hall–Kier alpha value is -4.56. The average molecular weight is 587 g/mol. The lowest BCUT2D eigenvalue weighted by atomic mass is 9.92. The van der Waals surface area contributed by atoms with E-state index >= 15 is 8.78 Å². The van der Waals surface area contributed by atoms with Crippen LogP contribution in [0, 0.1) is 11.6 Å². The van der Waals surface area contributed by atoms with Crippen molar-refractivity contribution in [3.8, 4) is 11.5 Å². The minimum atomic E-state index is -4.76. The molecular formula is C26H20F7N3O5. The summed E-state index contributed by atoms with van der Waals surface area (Å²) in [5.41, 5.74) is -2.49. The number of hydrogen-bond acceptors (Lipinski definition) is 5. The van der Waals surface area contributed by atoms with Crippen LogP contribution in [0.2, 0.25) is 0 Å². The van der Waals surface area contributed by atoms with Crippen molar-refractivity contribution in [1.82, 2.24) is 9.88 Å². The minimum absolute atomic E-state index is 0.139. The molecule has 2 heterocycles. The summed E-state index contributed by atoms with van der Waals surface area (Å²) in [7, 11) is 1.16. The third-order valence-electron chi connectivity index (χ3n) is 6.24. The number of carbonyl (C=O) groups excluding carboxylic acids is 2. The highest BCUT2D eigenvalue weighted by atomic mass is 19.4. The van der Waals surface area contributed by atoms with E-state index in [0.29, 0.717) is 4.57 Å². The lowest BCUT2D eigenvalue weighted by Crippen LogP contribution is -2.44. The van der Waals surface area contributed by atoms with E-state index in [9.17, 15) is 36.3 Å². The van der Waals surface area contributed by atoms with E-state index in [-0.39, 0.29) is 17.1 Å². The first-order valence-corrected chi connectivity index (χ1v) is 11.7. The topological polar surface area (TPSA) is 89.9 Å². The number of benzene rings is 2. The summed E-state index contributed by atoms with van der Waals surface area (Å²) >= 11 is 0. The van der Waals surface area contributed by atoms with Crippen molar-refractivity contribution in [2.24, 2.45) is 0 Å². The Morgan fingerprint density at radius 2 is 1.68 bits per heavy atom. The summed E-state index contributed by atoms with van der Waals surface area (Å²) in [6, 6.07) is 6.45. The van der Waals surface area contributed by atoms with Crippen molar-refractivity contribution in [2.45, 2.75) is 31.3 Å². The summed E-state index contributed by atoms with van der Waals surface area (Å²) in [5, 5.41) is 2.34. The molecule has 1 fully saturated rings. The van der Waals surface area contributed by atoms with E-state index in [1.54, 1.807) is 0 Å². The van der Waals surface area contributed by atoms with Gasteiger partial charge in [0.05, 0.1) is 7.11 Å². The molecule has 8 nitrogen and oxygen atoms in total. The van der Waals surface area contributed by atoms with Crippen LogP contribution in [0.4, 0.5) is 36.4 Å². The van der Waals surface area contributed by atoms with Crippen molar-refractivity contribution in [3.05, 3.63) is 87.8 Å². The lowest BCUT2D eigenvalue weighted by Gasteiger charge is -2.20. The van der Waals surface area contributed by atoms with Gasteiger partial charge in [-0.25, -0.2) is 8.78 Å². The third-order valence-corrected chi connectivity index (χ3v) is 6.24. The van der Waals surface area contributed by atoms with Crippen molar-refractivity contribution >= 4 is 17.5 Å². The number of amides is 2. The molecule has 3 aromatic rings. The van der Waals surface area contributed by atoms with Crippen LogP contribution in [0.15, 0.2) is 59.5 Å². The number of pyridine rings is 1. The largest absolute Gasteiger partial charge is 0.497 e. The molecule has 1 N–H and O–H groups in total. The van der Waals surface area contributed by atoms with Gasteiger partial charge < -0.3 is 24.3 Å². The van der Waals surface area contributed by atoms with Crippen molar-refractivity contribution in [1.29, 1.82) is 0 Å². The standard InChI is InChI=1S/C26H20F7N3O5/c1-40-15-9-17(27)20(18(28)10-15)16-11-36(19-3-2-8-35(23(19)38)12-26(31,32)33)24(39)21(16)34-22(37)13-4-6-14(7-5-13)41-25(29)30/h2-10,16,21,25H,11-12H2,1H3,(H,34,37)/t16-,21-/m0/s1. The maximum atomic E-state index is 15.1. The smallest absolute Gasteiger partial charge is 0.406 e. The fraction of sp³-hybridized carbons (Fsp3) is 0.269. The fourth-order valence-electron chi connectivity index (χ4n) is 4.46. The SMILES string of the molecule is COc1cc(F)c([C@@H]2CN(c3cccn(CC(F)(F)F)c3=O)C(=O)[C@H]2NC(=O)c2ccc(OC(F)F)cc2)c(F)c1. The van der Waals surface area contributed by atoms with Crippen molar-refractivity contribution < 1.29 is 49.8 Å². The van der Waals surface area contributed by atoms with E-state index in [4.69, 9.17) is 4.74 Å². The molecule has 0 spiro atoms. The van der Waals surface area contributed by atoms with Crippen molar-refractivity contribution in [2.75, 3.05) is 18.6 Å². The van der Waals surface area contributed by atoms with Crippen LogP contribution < -0.4 is 25.2 Å². The monoisotopic (exact) mass is 587 g/mol. The molecule has 0 aliphatic carbocycles. The number of methoxy groups -OCH3 is 1. The van der Waals surface area contributed by atoms with Crippen LogP contribution in [0.5, 0.6) is 11.5 Å². The van der Waals surface area contributed by atoms with E-state index in [1.807, 2.05) is 0 Å². The molecule has 41 heavy (non-hydrogen) atoms. The van der Waals surface area contributed by atoms with Gasteiger partial charge in [0.25, 0.3) is 11.5 Å². The second-order valence-corrected chi connectivity index (χ2v) is 8.86. The quantitative estimate of drug-likeness (QED) is 0.399. The molecule has 0 radical (unpaired) electrons. The summed E-state index contributed by atoms with van der Waals surface area (Å²) < 4.78 is 103. The van der Waals surface area contributed by atoms with Gasteiger partial charge in [0.2, 0.25) is 5.91 Å². The Bertz CT molecular complexity index is 1490. The maximum absolute atomic E-state index is 15.1. The number of hydrogen-bond donors (Lipinski definition) is 1. The Labute approximate surface area is 226 Å². The van der Waals surface area contributed by atoms with Gasteiger partial charge in [0.15, 0.2) is 0 Å². The lowest BCUT2D eigenvalue weighted by molar-refractivity contribution is -0.141. The molecule has 0 unspecified atom stereocenters. The van der Waals surface area contributed by atoms with Gasteiger partial charge >= 0.3 is 12.8 Å². The van der Waals surface area contributed by atoms with Crippen LogP contribution in [-0.4, -0.2) is 48.9 Å². The van der Waals surface area contributed by atoms with Gasteiger partial charge in [-0.05, 0) is 36.4 Å². The summed E-state index contributed by atoms with van der Waals surface area (Å²) in [6.45, 7) is -5.36. The first-order valence-electron chi connectivity index (χ1n) is 11.7. The molecular weight excluding hydrogens is 567 g/mol. The molecule has 15 heteroatoms. The molecule has 0 saturated carbocycles. The van der Waals surface area contributed by atoms with Crippen LogP contribution >= 0.6 is 0 Å². The highest BCUT2D eigenvalue weighted by molar-refractivity contribution is 6.05. The molecule has 1 aliphatic heterocycles. The average Bonchev–Trinajstić information content (AvgIpc) is 3.19. The highest BCUT2D eigenvalue weighted by Gasteiger charge is 2.46. The minimum Gasteiger partial charge on any atom is -0.497 e. The molecule has 0 bridgehead atoms. The number of anilines is 1. The number of nitrogens with one attached hydrogen (secondary N) is 1. The Morgan fingerprint density at radius 1 is 1.05 bits per heavy atom. The van der Waals surface area contributed by atoms with E-state index < -0.39 is 78.1 Å². The van der Waals surface area contributed by atoms with Gasteiger partial charge in [-0.15, -0.1) is 0 Å².